The van der Waals surface area contributed by atoms with Crippen molar-refractivity contribution in [2.24, 2.45) is 0 Å². The summed E-state index contributed by atoms with van der Waals surface area (Å²) in [6.45, 7) is 3.26. The van der Waals surface area contributed by atoms with Crippen LogP contribution in [0.4, 0.5) is 16.6 Å². The van der Waals surface area contributed by atoms with E-state index in [4.69, 9.17) is 15.0 Å². The van der Waals surface area contributed by atoms with Gasteiger partial charge in [-0.1, -0.05) is 11.3 Å². The minimum absolute atomic E-state index is 0.524. The van der Waals surface area contributed by atoms with Gasteiger partial charge in [-0.25, -0.2) is 9.97 Å². The van der Waals surface area contributed by atoms with Gasteiger partial charge in [-0.2, -0.15) is 5.26 Å². The number of hydrogen-bond acceptors (Lipinski definition) is 7. The Bertz CT molecular complexity index is 911. The highest BCUT2D eigenvalue weighted by Gasteiger charge is 2.15. The van der Waals surface area contributed by atoms with Crippen molar-refractivity contribution in [2.75, 3.05) is 36.5 Å². The van der Waals surface area contributed by atoms with E-state index in [2.05, 4.69) is 21.3 Å². The fraction of sp³-hybridized carbons (Fsp3) is 0.235. The van der Waals surface area contributed by atoms with Gasteiger partial charge in [-0.3, -0.25) is 0 Å². The van der Waals surface area contributed by atoms with E-state index in [-0.39, 0.29) is 0 Å². The molecule has 2 aromatic heterocycles. The van der Waals surface area contributed by atoms with Gasteiger partial charge >= 0.3 is 0 Å². The molecule has 1 aliphatic heterocycles. The van der Waals surface area contributed by atoms with E-state index in [1.54, 1.807) is 29.7 Å². The van der Waals surface area contributed by atoms with Crippen LogP contribution in [0, 0.1) is 11.3 Å². The maximum Gasteiger partial charge on any atom is 0.186 e. The predicted molar refractivity (Wildman–Crippen MR) is 94.9 cm³/mol. The zero-order valence-corrected chi connectivity index (χ0v) is 13.7. The molecule has 1 N–H and O–H groups in total. The Kier molecular flexibility index (Phi) is 3.99. The molecule has 0 radical (unpaired) electrons. The molecule has 6 nitrogen and oxygen atoms in total. The molecule has 1 fully saturated rings. The first-order valence-electron chi connectivity index (χ1n) is 7.69. The van der Waals surface area contributed by atoms with E-state index in [0.717, 1.165) is 47.3 Å². The average molecular weight is 337 g/mol. The molecular weight excluding hydrogens is 322 g/mol. The number of anilines is 3. The molecule has 1 saturated heterocycles. The highest BCUT2D eigenvalue weighted by atomic mass is 32.1. The van der Waals surface area contributed by atoms with Crippen LogP contribution in [-0.4, -0.2) is 36.3 Å². The highest BCUT2D eigenvalue weighted by molar-refractivity contribution is 7.22. The highest BCUT2D eigenvalue weighted by Crippen LogP contribution is 2.32. The molecule has 4 rings (SSSR count). The van der Waals surface area contributed by atoms with E-state index in [0.29, 0.717) is 11.4 Å². The largest absolute Gasteiger partial charge is 0.378 e. The minimum Gasteiger partial charge on any atom is -0.378 e. The van der Waals surface area contributed by atoms with Crippen molar-refractivity contribution in [2.45, 2.75) is 0 Å². The Morgan fingerprint density at radius 3 is 2.96 bits per heavy atom. The lowest BCUT2D eigenvalue weighted by Crippen LogP contribution is -2.36. The number of morpholine rings is 1. The van der Waals surface area contributed by atoms with Crippen molar-refractivity contribution in [3.63, 3.8) is 0 Å². The van der Waals surface area contributed by atoms with Crippen LogP contribution in [0.3, 0.4) is 0 Å². The Morgan fingerprint density at radius 1 is 1.25 bits per heavy atom. The van der Waals surface area contributed by atoms with E-state index in [1.165, 1.54) is 0 Å². The lowest BCUT2D eigenvalue weighted by atomic mass is 10.2. The third-order valence-electron chi connectivity index (χ3n) is 3.85. The Hall–Kier alpha value is -2.69. The van der Waals surface area contributed by atoms with Crippen LogP contribution in [0.2, 0.25) is 0 Å². The molecule has 3 heterocycles. The van der Waals surface area contributed by atoms with Crippen molar-refractivity contribution < 1.29 is 4.74 Å². The van der Waals surface area contributed by atoms with Gasteiger partial charge in [0.2, 0.25) is 0 Å². The van der Waals surface area contributed by atoms with Gasteiger partial charge < -0.3 is 15.0 Å². The summed E-state index contributed by atoms with van der Waals surface area (Å²) in [5, 5.41) is 13.4. The maximum absolute atomic E-state index is 9.16. The summed E-state index contributed by atoms with van der Waals surface area (Å²) < 4.78 is 6.50. The van der Waals surface area contributed by atoms with Crippen LogP contribution in [0.1, 0.15) is 5.56 Å². The summed E-state index contributed by atoms with van der Waals surface area (Å²) >= 11 is 1.67. The fourth-order valence-corrected chi connectivity index (χ4v) is 3.67. The molecule has 120 valence electrons. The van der Waals surface area contributed by atoms with E-state index in [1.807, 2.05) is 18.2 Å². The van der Waals surface area contributed by atoms with Crippen LogP contribution in [-0.2, 0) is 4.74 Å². The summed E-state index contributed by atoms with van der Waals surface area (Å²) in [5.74, 6) is 0.567. The van der Waals surface area contributed by atoms with E-state index >= 15 is 0 Å². The number of ether oxygens (including phenoxy) is 1. The number of hydrogen-bond donors (Lipinski definition) is 1. The van der Waals surface area contributed by atoms with Crippen molar-refractivity contribution in [3.8, 4) is 6.07 Å². The van der Waals surface area contributed by atoms with Crippen molar-refractivity contribution in [1.29, 1.82) is 5.26 Å². The number of rotatable bonds is 3. The van der Waals surface area contributed by atoms with Crippen LogP contribution in [0.15, 0.2) is 36.5 Å². The summed E-state index contributed by atoms with van der Waals surface area (Å²) in [6.07, 6.45) is 1.67. The molecule has 0 spiro atoms. The van der Waals surface area contributed by atoms with Crippen LogP contribution >= 0.6 is 11.3 Å². The van der Waals surface area contributed by atoms with Crippen LogP contribution in [0.25, 0.3) is 10.2 Å². The second kappa shape index (κ2) is 6.43. The third kappa shape index (κ3) is 2.89. The molecule has 0 amide bonds. The topological polar surface area (TPSA) is 74.1 Å². The van der Waals surface area contributed by atoms with Gasteiger partial charge in [0.1, 0.15) is 11.9 Å². The van der Waals surface area contributed by atoms with Crippen molar-refractivity contribution >= 4 is 38.2 Å². The molecule has 1 aromatic carbocycles. The van der Waals surface area contributed by atoms with Crippen LogP contribution < -0.4 is 10.2 Å². The van der Waals surface area contributed by atoms with Gasteiger partial charge in [0.25, 0.3) is 0 Å². The Morgan fingerprint density at radius 2 is 2.12 bits per heavy atom. The summed E-state index contributed by atoms with van der Waals surface area (Å²) in [4.78, 5) is 11.2. The summed E-state index contributed by atoms with van der Waals surface area (Å²) in [7, 11) is 0. The smallest absolute Gasteiger partial charge is 0.186 e. The number of nitrogens with zero attached hydrogens (tertiary/aromatic N) is 4. The lowest BCUT2D eigenvalue weighted by molar-refractivity contribution is 0.122. The second-order valence-corrected chi connectivity index (χ2v) is 6.42. The standard InChI is InChI=1S/C17H15N5OS/c18-11-12-2-1-5-19-16(12)20-13-3-4-14-15(10-13)24-17(21-14)22-6-8-23-9-7-22/h1-5,10H,6-9H2,(H,19,20). The fourth-order valence-electron chi connectivity index (χ4n) is 2.61. The monoisotopic (exact) mass is 337 g/mol. The van der Waals surface area contributed by atoms with Crippen molar-refractivity contribution in [3.05, 3.63) is 42.1 Å². The first-order valence-corrected chi connectivity index (χ1v) is 8.50. The normalized spacial score (nSPS) is 14.5. The number of nitriles is 1. The van der Waals surface area contributed by atoms with E-state index in [9.17, 15) is 0 Å². The predicted octanol–water partition coefficient (Wildman–Crippen LogP) is 3.14. The summed E-state index contributed by atoms with van der Waals surface area (Å²) in [6, 6.07) is 11.6. The Balaban J connectivity index is 1.62. The molecule has 1 aliphatic rings. The van der Waals surface area contributed by atoms with Gasteiger partial charge in [0.15, 0.2) is 5.13 Å². The number of fused-ring (bicyclic) bond motifs is 1. The number of benzene rings is 1. The molecule has 3 aromatic rings. The molecule has 0 unspecified atom stereocenters. The van der Waals surface area contributed by atoms with Gasteiger partial charge in [0, 0.05) is 25.0 Å². The zero-order valence-electron chi connectivity index (χ0n) is 12.9. The quantitative estimate of drug-likeness (QED) is 0.791. The number of nitrogens with one attached hydrogen (secondary N) is 1. The molecule has 0 aliphatic carbocycles. The number of thiazole rings is 1. The minimum atomic E-state index is 0.524. The first-order chi connectivity index (χ1) is 11.8. The van der Waals surface area contributed by atoms with Gasteiger partial charge in [0.05, 0.1) is 29.0 Å². The van der Waals surface area contributed by atoms with Gasteiger partial charge in [-0.15, -0.1) is 0 Å². The Labute approximate surface area is 143 Å². The number of aromatic nitrogens is 2. The van der Waals surface area contributed by atoms with Gasteiger partial charge in [-0.05, 0) is 30.3 Å². The molecular formula is C17H15N5OS. The lowest BCUT2D eigenvalue weighted by Gasteiger charge is -2.25. The summed E-state index contributed by atoms with van der Waals surface area (Å²) in [5.41, 5.74) is 2.40. The van der Waals surface area contributed by atoms with E-state index < -0.39 is 0 Å². The zero-order chi connectivity index (χ0) is 16.4. The molecule has 7 heteroatoms. The van der Waals surface area contributed by atoms with Crippen LogP contribution in [0.5, 0.6) is 0 Å². The molecule has 0 atom stereocenters. The second-order valence-electron chi connectivity index (χ2n) is 5.41. The average Bonchev–Trinajstić information content (AvgIpc) is 3.06. The first kappa shape index (κ1) is 14.9. The maximum atomic E-state index is 9.16. The third-order valence-corrected chi connectivity index (χ3v) is 4.93. The molecule has 0 saturated carbocycles. The van der Waals surface area contributed by atoms with Crippen molar-refractivity contribution in [1.82, 2.24) is 9.97 Å². The molecule has 24 heavy (non-hydrogen) atoms. The number of pyridine rings is 1. The molecule has 0 bridgehead atoms. The SMILES string of the molecule is N#Cc1cccnc1Nc1ccc2nc(N3CCOCC3)sc2c1.